The summed E-state index contributed by atoms with van der Waals surface area (Å²) >= 11 is 0. The minimum atomic E-state index is -0.700. The van der Waals surface area contributed by atoms with Crippen LogP contribution in [0.3, 0.4) is 0 Å². The number of aliphatic hydroxyl groups excluding tert-OH is 1. The van der Waals surface area contributed by atoms with Gasteiger partial charge in [-0.3, -0.25) is 9.59 Å². The molecule has 0 spiro atoms. The predicted molar refractivity (Wildman–Crippen MR) is 130 cm³/mol. The van der Waals surface area contributed by atoms with Crippen LogP contribution in [0.4, 0.5) is 0 Å². The molecule has 0 radical (unpaired) electrons. The summed E-state index contributed by atoms with van der Waals surface area (Å²) in [7, 11) is 3.83. The summed E-state index contributed by atoms with van der Waals surface area (Å²) in [6.07, 6.45) is 1.66. The Morgan fingerprint density at radius 1 is 1.21 bits per heavy atom. The summed E-state index contributed by atoms with van der Waals surface area (Å²) in [6, 6.07) is 12.1. The lowest BCUT2D eigenvalue weighted by molar-refractivity contribution is -0.140. The fourth-order valence-corrected chi connectivity index (χ4v) is 4.48. The van der Waals surface area contributed by atoms with E-state index in [-0.39, 0.29) is 17.4 Å². The van der Waals surface area contributed by atoms with Crippen LogP contribution in [-0.4, -0.2) is 66.5 Å². The van der Waals surface area contributed by atoms with Gasteiger partial charge in [-0.2, -0.15) is 0 Å². The second kappa shape index (κ2) is 9.89. The largest absolute Gasteiger partial charge is 0.507 e. The molecule has 1 amide bonds. The zero-order valence-electron chi connectivity index (χ0n) is 20.2. The maximum absolute atomic E-state index is 13.2. The molecule has 180 valence electrons. The van der Waals surface area contributed by atoms with Crippen molar-refractivity contribution in [3.8, 4) is 11.5 Å². The minimum absolute atomic E-state index is 0.0647. The molecule has 2 aliphatic heterocycles. The Morgan fingerprint density at radius 3 is 2.74 bits per heavy atom. The highest BCUT2D eigenvalue weighted by Crippen LogP contribution is 2.41. The SMILES string of the molecule is CCCOc1cccc([C@H]2/C(=C(\O)c3ccc4c(c3)C[C@H](C)O4)C(=O)C(=O)N2CCN(C)C)c1. The van der Waals surface area contributed by atoms with Crippen LogP contribution in [-0.2, 0) is 16.0 Å². The van der Waals surface area contributed by atoms with E-state index in [1.54, 1.807) is 11.0 Å². The molecule has 0 aromatic heterocycles. The first-order valence-corrected chi connectivity index (χ1v) is 11.8. The highest BCUT2D eigenvalue weighted by molar-refractivity contribution is 6.46. The van der Waals surface area contributed by atoms with Gasteiger partial charge in [0.25, 0.3) is 11.7 Å². The molecular weight excluding hydrogens is 432 g/mol. The molecule has 0 saturated carbocycles. The van der Waals surface area contributed by atoms with Gasteiger partial charge in [-0.25, -0.2) is 0 Å². The standard InChI is InChI=1S/C27H32N2O5/c1-5-13-33-21-8-6-7-18(16-21)24-23(26(31)27(32)29(24)12-11-28(3)4)25(30)19-9-10-22-20(15-19)14-17(2)34-22/h6-10,15-17,24,30H,5,11-14H2,1-4H3/b25-23+/t17-,24-/m0/s1. The van der Waals surface area contributed by atoms with E-state index in [2.05, 4.69) is 0 Å². The maximum atomic E-state index is 13.2. The van der Waals surface area contributed by atoms with Crippen LogP contribution in [0.1, 0.15) is 43.0 Å². The van der Waals surface area contributed by atoms with E-state index in [4.69, 9.17) is 9.47 Å². The topological polar surface area (TPSA) is 79.3 Å². The van der Waals surface area contributed by atoms with Gasteiger partial charge in [0.15, 0.2) is 0 Å². The first-order valence-electron chi connectivity index (χ1n) is 11.8. The number of carbonyl (C=O) groups is 2. The molecule has 2 heterocycles. The number of benzene rings is 2. The Bertz CT molecular complexity index is 1120. The number of amides is 1. The molecule has 2 aromatic rings. The minimum Gasteiger partial charge on any atom is -0.507 e. The van der Waals surface area contributed by atoms with Crippen molar-refractivity contribution in [2.45, 2.75) is 38.8 Å². The molecule has 1 N–H and O–H groups in total. The fourth-order valence-electron chi connectivity index (χ4n) is 4.48. The van der Waals surface area contributed by atoms with Crippen molar-refractivity contribution in [2.24, 2.45) is 0 Å². The van der Waals surface area contributed by atoms with Crippen molar-refractivity contribution in [1.29, 1.82) is 0 Å². The fraction of sp³-hybridized carbons (Fsp3) is 0.407. The Labute approximate surface area is 200 Å². The number of nitrogens with zero attached hydrogens (tertiary/aromatic N) is 2. The number of ether oxygens (including phenoxy) is 2. The maximum Gasteiger partial charge on any atom is 0.295 e. The van der Waals surface area contributed by atoms with Crippen LogP contribution in [0.15, 0.2) is 48.0 Å². The van der Waals surface area contributed by atoms with Crippen LogP contribution >= 0.6 is 0 Å². The zero-order chi connectivity index (χ0) is 24.4. The average molecular weight is 465 g/mol. The smallest absolute Gasteiger partial charge is 0.295 e. The van der Waals surface area contributed by atoms with Crippen molar-refractivity contribution < 1.29 is 24.2 Å². The van der Waals surface area contributed by atoms with Gasteiger partial charge in [-0.1, -0.05) is 19.1 Å². The van der Waals surface area contributed by atoms with Crippen molar-refractivity contribution in [3.63, 3.8) is 0 Å². The van der Waals surface area contributed by atoms with E-state index in [1.165, 1.54) is 0 Å². The van der Waals surface area contributed by atoms with Crippen molar-refractivity contribution in [2.75, 3.05) is 33.8 Å². The number of likely N-dealkylation sites (N-methyl/N-ethyl adjacent to an activating group) is 1. The zero-order valence-corrected chi connectivity index (χ0v) is 20.2. The van der Waals surface area contributed by atoms with Gasteiger partial charge in [0.1, 0.15) is 23.4 Å². The molecule has 1 fully saturated rings. The Balaban J connectivity index is 1.80. The second-order valence-corrected chi connectivity index (χ2v) is 9.17. The number of likely N-dealkylation sites (tertiary alicyclic amines) is 1. The average Bonchev–Trinajstić information content (AvgIpc) is 3.31. The molecule has 0 unspecified atom stereocenters. The number of carbonyl (C=O) groups excluding carboxylic acids is 2. The van der Waals surface area contributed by atoms with E-state index >= 15 is 0 Å². The van der Waals surface area contributed by atoms with Gasteiger partial charge < -0.3 is 24.4 Å². The summed E-state index contributed by atoms with van der Waals surface area (Å²) in [5.41, 5.74) is 2.31. The quantitative estimate of drug-likeness (QED) is 0.364. The lowest BCUT2D eigenvalue weighted by atomic mass is 9.94. The third-order valence-electron chi connectivity index (χ3n) is 6.14. The predicted octanol–water partition coefficient (Wildman–Crippen LogP) is 3.78. The lowest BCUT2D eigenvalue weighted by Crippen LogP contribution is -2.35. The summed E-state index contributed by atoms with van der Waals surface area (Å²) in [5.74, 6) is 0.00426. The Kier molecular flexibility index (Phi) is 6.93. The molecule has 2 atom stereocenters. The Hall–Kier alpha value is -3.32. The number of hydrogen-bond acceptors (Lipinski definition) is 6. The molecule has 0 aliphatic carbocycles. The molecule has 0 bridgehead atoms. The van der Waals surface area contributed by atoms with E-state index in [1.807, 2.05) is 69.2 Å². The van der Waals surface area contributed by atoms with Crippen molar-refractivity contribution >= 4 is 17.4 Å². The van der Waals surface area contributed by atoms with Gasteiger partial charge in [0, 0.05) is 25.1 Å². The normalized spacial score (nSPS) is 21.1. The molecule has 4 rings (SSSR count). The Morgan fingerprint density at radius 2 is 2.00 bits per heavy atom. The van der Waals surface area contributed by atoms with E-state index < -0.39 is 17.7 Å². The van der Waals surface area contributed by atoms with E-state index in [0.29, 0.717) is 31.0 Å². The molecule has 2 aliphatic rings. The van der Waals surface area contributed by atoms with Gasteiger partial charge in [-0.05, 0) is 68.9 Å². The summed E-state index contributed by atoms with van der Waals surface area (Å²) in [5, 5.41) is 11.3. The second-order valence-electron chi connectivity index (χ2n) is 9.17. The molecule has 7 nitrogen and oxygen atoms in total. The van der Waals surface area contributed by atoms with Crippen molar-refractivity contribution in [1.82, 2.24) is 9.80 Å². The molecule has 7 heteroatoms. The summed E-state index contributed by atoms with van der Waals surface area (Å²) in [4.78, 5) is 29.8. The van der Waals surface area contributed by atoms with Gasteiger partial charge in [-0.15, -0.1) is 0 Å². The number of fused-ring (bicyclic) bond motifs is 1. The first kappa shape index (κ1) is 23.8. The number of rotatable bonds is 8. The van der Waals surface area contributed by atoms with Crippen LogP contribution in [0, 0.1) is 0 Å². The molecule has 1 saturated heterocycles. The molecule has 2 aromatic carbocycles. The third-order valence-corrected chi connectivity index (χ3v) is 6.14. The van der Waals surface area contributed by atoms with Crippen LogP contribution in [0.25, 0.3) is 5.76 Å². The number of Topliss-reactive ketones (excluding diaryl/α,β-unsaturated/α-hetero) is 1. The summed E-state index contributed by atoms with van der Waals surface area (Å²) < 4.78 is 11.6. The van der Waals surface area contributed by atoms with Gasteiger partial charge in [0.05, 0.1) is 18.2 Å². The number of aliphatic hydroxyl groups is 1. The van der Waals surface area contributed by atoms with Crippen LogP contribution < -0.4 is 9.47 Å². The molecular formula is C27H32N2O5. The van der Waals surface area contributed by atoms with Gasteiger partial charge in [0.2, 0.25) is 0 Å². The lowest BCUT2D eigenvalue weighted by Gasteiger charge is -2.27. The highest BCUT2D eigenvalue weighted by atomic mass is 16.5. The molecule has 34 heavy (non-hydrogen) atoms. The first-order chi connectivity index (χ1) is 16.3. The van der Waals surface area contributed by atoms with E-state index in [0.717, 1.165) is 29.7 Å². The van der Waals surface area contributed by atoms with Crippen LogP contribution in [0.5, 0.6) is 11.5 Å². The third kappa shape index (κ3) is 4.66. The number of ketones is 1. The number of hydrogen-bond donors (Lipinski definition) is 1. The van der Waals surface area contributed by atoms with E-state index in [9.17, 15) is 14.7 Å². The summed E-state index contributed by atoms with van der Waals surface area (Å²) in [6.45, 7) is 5.53. The van der Waals surface area contributed by atoms with Crippen molar-refractivity contribution in [3.05, 3.63) is 64.7 Å². The van der Waals surface area contributed by atoms with Crippen LogP contribution in [0.2, 0.25) is 0 Å². The monoisotopic (exact) mass is 464 g/mol. The van der Waals surface area contributed by atoms with Gasteiger partial charge >= 0.3 is 0 Å². The highest BCUT2D eigenvalue weighted by Gasteiger charge is 2.46.